The Kier molecular flexibility index (Phi) is 3.55. The summed E-state index contributed by atoms with van der Waals surface area (Å²) in [6.45, 7) is 10.0. The van der Waals surface area contributed by atoms with E-state index in [9.17, 15) is 4.79 Å². The van der Waals surface area contributed by atoms with Gasteiger partial charge < -0.3 is 0 Å². The summed E-state index contributed by atoms with van der Waals surface area (Å²) in [5, 5.41) is 4.39. The lowest BCUT2D eigenvalue weighted by Gasteiger charge is -2.16. The summed E-state index contributed by atoms with van der Waals surface area (Å²) in [7, 11) is 0. The van der Waals surface area contributed by atoms with Crippen LogP contribution in [-0.4, -0.2) is 24.3 Å². The minimum absolute atomic E-state index is 0.121. The van der Waals surface area contributed by atoms with Crippen molar-refractivity contribution in [1.82, 2.24) is 24.3 Å². The van der Waals surface area contributed by atoms with Gasteiger partial charge in [-0.05, 0) is 46.8 Å². The van der Waals surface area contributed by atoms with Gasteiger partial charge in [0.2, 0.25) is 0 Å². The zero-order chi connectivity index (χ0) is 16.8. The Balaban J connectivity index is 2.08. The Morgan fingerprint density at radius 3 is 2.22 bits per heavy atom. The number of rotatable bonds is 2. The van der Waals surface area contributed by atoms with Crippen molar-refractivity contribution in [2.45, 2.75) is 46.7 Å². The molecule has 0 amide bonds. The molecule has 0 saturated heterocycles. The van der Waals surface area contributed by atoms with E-state index in [1.807, 2.05) is 58.9 Å². The fourth-order valence-corrected chi connectivity index (χ4v) is 2.54. The molecule has 120 valence electrons. The van der Waals surface area contributed by atoms with E-state index in [2.05, 4.69) is 15.1 Å². The smallest absolute Gasteiger partial charge is 0.273 e. The molecule has 0 atom stereocenters. The van der Waals surface area contributed by atoms with Crippen molar-refractivity contribution < 1.29 is 0 Å². The first-order valence-corrected chi connectivity index (χ1v) is 7.66. The van der Waals surface area contributed by atoms with E-state index in [1.54, 1.807) is 4.57 Å². The van der Waals surface area contributed by atoms with Gasteiger partial charge in [0.05, 0.1) is 34.5 Å². The lowest BCUT2D eigenvalue weighted by atomic mass is 10.1. The van der Waals surface area contributed by atoms with Crippen molar-refractivity contribution in [2.24, 2.45) is 0 Å². The molecule has 0 aliphatic rings. The number of hydrogen-bond acceptors (Lipinski definition) is 4. The van der Waals surface area contributed by atoms with Gasteiger partial charge in [0.1, 0.15) is 5.82 Å². The van der Waals surface area contributed by atoms with Gasteiger partial charge in [0.25, 0.3) is 0 Å². The number of nitrogens with zero attached hydrogens (tertiary/aromatic N) is 5. The molecule has 0 aliphatic carbocycles. The van der Waals surface area contributed by atoms with E-state index >= 15 is 0 Å². The predicted octanol–water partition coefficient (Wildman–Crippen LogP) is 2.41. The molecule has 0 N–H and O–H groups in total. The first-order valence-electron chi connectivity index (χ1n) is 7.66. The van der Waals surface area contributed by atoms with Crippen molar-refractivity contribution in [3.05, 3.63) is 52.0 Å². The highest BCUT2D eigenvalue weighted by Crippen LogP contribution is 2.14. The number of fused-ring (bicyclic) bond motifs is 1. The number of aryl methyl sites for hydroxylation is 2. The fourth-order valence-electron chi connectivity index (χ4n) is 2.54. The molecule has 0 unspecified atom stereocenters. The standard InChI is InChI=1S/C17H21N5O/c1-11-15(19-14-9-7-6-8-13(14)18-11)10-21-12(2)20-22(16(21)23)17(3,4)5/h6-9H,10H2,1-5H3. The Morgan fingerprint density at radius 1 is 1.04 bits per heavy atom. The highest BCUT2D eigenvalue weighted by Gasteiger charge is 2.21. The van der Waals surface area contributed by atoms with Crippen LogP contribution in [0.3, 0.4) is 0 Å². The van der Waals surface area contributed by atoms with Gasteiger partial charge in [-0.3, -0.25) is 4.57 Å². The van der Waals surface area contributed by atoms with Crippen LogP contribution in [0.1, 0.15) is 38.0 Å². The molecule has 1 aromatic carbocycles. The molecule has 2 aromatic heterocycles. The maximum Gasteiger partial charge on any atom is 0.346 e. The second-order valence-electron chi connectivity index (χ2n) is 6.74. The third-order valence-corrected chi connectivity index (χ3v) is 3.83. The summed E-state index contributed by atoms with van der Waals surface area (Å²) in [6, 6.07) is 7.75. The summed E-state index contributed by atoms with van der Waals surface area (Å²) in [5.74, 6) is 0.680. The molecular weight excluding hydrogens is 290 g/mol. The molecule has 0 saturated carbocycles. The zero-order valence-corrected chi connectivity index (χ0v) is 14.2. The SMILES string of the molecule is Cc1nc2ccccc2nc1Cn1c(C)nn(C(C)(C)C)c1=O. The molecule has 23 heavy (non-hydrogen) atoms. The summed E-state index contributed by atoms with van der Waals surface area (Å²) in [5.41, 5.74) is 2.85. The fraction of sp³-hybridized carbons (Fsp3) is 0.412. The zero-order valence-electron chi connectivity index (χ0n) is 14.2. The number of benzene rings is 1. The summed E-state index contributed by atoms with van der Waals surface area (Å²) in [6.07, 6.45) is 0. The molecule has 0 fully saturated rings. The van der Waals surface area contributed by atoms with Gasteiger partial charge in [-0.2, -0.15) is 5.10 Å². The minimum atomic E-state index is -0.350. The molecule has 3 aromatic rings. The molecule has 6 nitrogen and oxygen atoms in total. The third kappa shape index (κ3) is 2.76. The largest absolute Gasteiger partial charge is 0.346 e. The summed E-state index contributed by atoms with van der Waals surface area (Å²) >= 11 is 0. The molecule has 0 aliphatic heterocycles. The summed E-state index contributed by atoms with van der Waals surface area (Å²) < 4.78 is 3.17. The van der Waals surface area contributed by atoms with Crippen LogP contribution < -0.4 is 5.69 Å². The maximum atomic E-state index is 12.6. The maximum absolute atomic E-state index is 12.6. The van der Waals surface area contributed by atoms with Crippen LogP contribution in [-0.2, 0) is 12.1 Å². The average Bonchev–Trinajstić information content (AvgIpc) is 2.76. The van der Waals surface area contributed by atoms with Gasteiger partial charge >= 0.3 is 5.69 Å². The van der Waals surface area contributed by atoms with Crippen LogP contribution in [0, 0.1) is 13.8 Å². The Labute approximate surface area is 134 Å². The van der Waals surface area contributed by atoms with Crippen molar-refractivity contribution in [1.29, 1.82) is 0 Å². The number of hydrogen-bond donors (Lipinski definition) is 0. The first kappa shape index (κ1) is 15.4. The van der Waals surface area contributed by atoms with Crippen LogP contribution in [0.4, 0.5) is 0 Å². The van der Waals surface area contributed by atoms with Crippen molar-refractivity contribution in [3.63, 3.8) is 0 Å². The molecule has 0 radical (unpaired) electrons. The van der Waals surface area contributed by atoms with Gasteiger partial charge in [0, 0.05) is 0 Å². The van der Waals surface area contributed by atoms with Gasteiger partial charge in [-0.25, -0.2) is 19.4 Å². The quantitative estimate of drug-likeness (QED) is 0.729. The minimum Gasteiger partial charge on any atom is -0.273 e. The van der Waals surface area contributed by atoms with E-state index in [4.69, 9.17) is 0 Å². The second kappa shape index (κ2) is 5.30. The lowest BCUT2D eigenvalue weighted by molar-refractivity contribution is 0.340. The van der Waals surface area contributed by atoms with Gasteiger partial charge in [-0.1, -0.05) is 12.1 Å². The molecule has 2 heterocycles. The van der Waals surface area contributed by atoms with Gasteiger partial charge in [0.15, 0.2) is 0 Å². The van der Waals surface area contributed by atoms with Crippen LogP contribution in [0.2, 0.25) is 0 Å². The first-order chi connectivity index (χ1) is 10.8. The van der Waals surface area contributed by atoms with E-state index < -0.39 is 0 Å². The van der Waals surface area contributed by atoms with Crippen molar-refractivity contribution >= 4 is 11.0 Å². The van der Waals surface area contributed by atoms with Crippen LogP contribution in [0.5, 0.6) is 0 Å². The van der Waals surface area contributed by atoms with E-state index in [1.165, 1.54) is 4.68 Å². The monoisotopic (exact) mass is 311 g/mol. The summed E-state index contributed by atoms with van der Waals surface area (Å²) in [4.78, 5) is 21.9. The lowest BCUT2D eigenvalue weighted by Crippen LogP contribution is -2.36. The number of para-hydroxylation sites is 2. The van der Waals surface area contributed by atoms with Gasteiger partial charge in [-0.15, -0.1) is 0 Å². The molecule has 0 bridgehead atoms. The molecular formula is C17H21N5O. The molecule has 0 spiro atoms. The highest BCUT2D eigenvalue weighted by molar-refractivity contribution is 5.74. The second-order valence-corrected chi connectivity index (χ2v) is 6.74. The highest BCUT2D eigenvalue weighted by atomic mass is 16.2. The van der Waals surface area contributed by atoms with E-state index in [0.717, 1.165) is 22.4 Å². The normalized spacial score (nSPS) is 12.0. The number of aromatic nitrogens is 5. The molecule has 3 rings (SSSR count). The Morgan fingerprint density at radius 2 is 1.65 bits per heavy atom. The van der Waals surface area contributed by atoms with Crippen molar-refractivity contribution in [3.8, 4) is 0 Å². The van der Waals surface area contributed by atoms with Crippen LogP contribution in [0.15, 0.2) is 29.1 Å². The Bertz CT molecular complexity index is 930. The van der Waals surface area contributed by atoms with E-state index in [-0.39, 0.29) is 11.2 Å². The van der Waals surface area contributed by atoms with Crippen LogP contribution >= 0.6 is 0 Å². The van der Waals surface area contributed by atoms with Crippen LogP contribution in [0.25, 0.3) is 11.0 Å². The molecule has 6 heteroatoms. The Hall–Kier alpha value is -2.50. The third-order valence-electron chi connectivity index (χ3n) is 3.83. The topological polar surface area (TPSA) is 65.6 Å². The van der Waals surface area contributed by atoms with E-state index in [0.29, 0.717) is 12.4 Å². The average molecular weight is 311 g/mol. The van der Waals surface area contributed by atoms with Crippen molar-refractivity contribution in [2.75, 3.05) is 0 Å². The predicted molar refractivity (Wildman–Crippen MR) is 89.6 cm³/mol.